The molecule has 1 N–H and O–H groups in total. The first-order chi connectivity index (χ1) is 11.0. The fraction of sp³-hybridized carbons (Fsp3) is 0.810. The molecular formula is C21H32O2. The molecular weight excluding hydrogens is 284 g/mol. The summed E-state index contributed by atoms with van der Waals surface area (Å²) in [5.74, 6) is 3.51. The lowest BCUT2D eigenvalue weighted by atomic mass is 9.51. The molecule has 2 nitrogen and oxygen atoms in total. The smallest absolute Gasteiger partial charge is 0.0959 e. The second kappa shape index (κ2) is 5.37. The van der Waals surface area contributed by atoms with Crippen LogP contribution in [-0.4, -0.2) is 17.8 Å². The molecule has 4 aliphatic carbocycles. The Morgan fingerprint density at radius 1 is 1.26 bits per heavy atom. The van der Waals surface area contributed by atoms with Crippen LogP contribution in [0.4, 0.5) is 0 Å². The van der Waals surface area contributed by atoms with Crippen molar-refractivity contribution in [3.05, 3.63) is 23.0 Å². The molecule has 0 aromatic rings. The van der Waals surface area contributed by atoms with Crippen LogP contribution in [0.5, 0.6) is 0 Å². The van der Waals surface area contributed by atoms with E-state index in [9.17, 15) is 5.11 Å². The molecule has 4 rings (SSSR count). The standard InChI is InChI=1S/C21H32O2/c1-4-21-12-9-17-16-8-6-15(23-3)13-14(16)5-7-18(17)19(21)10-11-20(21,2)22/h6,17-19,22H,4-5,7-13H2,1-3H3/t17-,18-,19+,20+,21+/m1/s1. The van der Waals surface area contributed by atoms with Crippen LogP contribution in [0.1, 0.15) is 71.6 Å². The van der Waals surface area contributed by atoms with E-state index in [2.05, 4.69) is 19.9 Å². The van der Waals surface area contributed by atoms with Crippen LogP contribution in [-0.2, 0) is 4.74 Å². The lowest BCUT2D eigenvalue weighted by Crippen LogP contribution is -2.51. The average Bonchev–Trinajstić information content (AvgIpc) is 2.85. The first-order valence-electron chi connectivity index (χ1n) is 9.68. The number of fused-ring (bicyclic) bond motifs is 4. The molecule has 23 heavy (non-hydrogen) atoms. The zero-order valence-corrected chi connectivity index (χ0v) is 15.0. The van der Waals surface area contributed by atoms with Gasteiger partial charge in [0.1, 0.15) is 0 Å². The predicted molar refractivity (Wildman–Crippen MR) is 92.9 cm³/mol. The lowest BCUT2D eigenvalue weighted by Gasteiger charge is -2.54. The highest BCUT2D eigenvalue weighted by Crippen LogP contribution is 2.65. The maximum atomic E-state index is 11.1. The lowest BCUT2D eigenvalue weighted by molar-refractivity contribution is -0.109. The van der Waals surface area contributed by atoms with Crippen molar-refractivity contribution in [1.29, 1.82) is 0 Å². The first kappa shape index (κ1) is 15.7. The van der Waals surface area contributed by atoms with E-state index in [-0.39, 0.29) is 5.41 Å². The van der Waals surface area contributed by atoms with Crippen molar-refractivity contribution in [1.82, 2.24) is 0 Å². The highest BCUT2D eigenvalue weighted by atomic mass is 16.5. The molecule has 0 saturated heterocycles. The molecule has 0 aromatic heterocycles. The quantitative estimate of drug-likeness (QED) is 0.728. The van der Waals surface area contributed by atoms with Crippen molar-refractivity contribution in [3.63, 3.8) is 0 Å². The van der Waals surface area contributed by atoms with Crippen LogP contribution in [0.3, 0.4) is 0 Å². The third-order valence-corrected chi connectivity index (χ3v) is 8.17. The zero-order valence-electron chi connectivity index (χ0n) is 15.0. The molecule has 0 aliphatic heterocycles. The average molecular weight is 316 g/mol. The van der Waals surface area contributed by atoms with Gasteiger partial charge in [-0.15, -0.1) is 0 Å². The molecule has 2 saturated carbocycles. The topological polar surface area (TPSA) is 29.5 Å². The number of hydrogen-bond donors (Lipinski definition) is 1. The monoisotopic (exact) mass is 316 g/mol. The Morgan fingerprint density at radius 3 is 2.83 bits per heavy atom. The summed E-state index contributed by atoms with van der Waals surface area (Å²) < 4.78 is 5.50. The zero-order chi connectivity index (χ0) is 16.2. The summed E-state index contributed by atoms with van der Waals surface area (Å²) in [5, 5.41) is 11.1. The molecule has 128 valence electrons. The number of aliphatic hydroxyl groups is 1. The summed E-state index contributed by atoms with van der Waals surface area (Å²) in [6.07, 6.45) is 13.0. The van der Waals surface area contributed by atoms with Gasteiger partial charge in [0.2, 0.25) is 0 Å². The molecule has 0 radical (unpaired) electrons. The highest BCUT2D eigenvalue weighted by Gasteiger charge is 2.61. The van der Waals surface area contributed by atoms with Crippen LogP contribution in [0.25, 0.3) is 0 Å². The molecule has 0 amide bonds. The molecule has 2 heteroatoms. The molecule has 0 bridgehead atoms. The number of hydrogen-bond acceptors (Lipinski definition) is 2. The first-order valence-corrected chi connectivity index (χ1v) is 9.68. The number of rotatable bonds is 2. The fourth-order valence-corrected chi connectivity index (χ4v) is 6.93. The summed E-state index contributed by atoms with van der Waals surface area (Å²) in [7, 11) is 1.81. The van der Waals surface area contributed by atoms with Gasteiger partial charge in [0, 0.05) is 11.8 Å². The summed E-state index contributed by atoms with van der Waals surface area (Å²) in [6.45, 7) is 4.44. The van der Waals surface area contributed by atoms with E-state index in [4.69, 9.17) is 4.74 Å². The molecule has 2 fully saturated rings. The highest BCUT2D eigenvalue weighted by molar-refractivity contribution is 5.33. The Bertz CT molecular complexity index is 556. The van der Waals surface area contributed by atoms with Gasteiger partial charge in [-0.2, -0.15) is 0 Å². The van der Waals surface area contributed by atoms with E-state index in [0.29, 0.717) is 0 Å². The van der Waals surface area contributed by atoms with Crippen molar-refractivity contribution < 1.29 is 9.84 Å². The van der Waals surface area contributed by atoms with Crippen LogP contribution in [0.2, 0.25) is 0 Å². The van der Waals surface area contributed by atoms with Crippen molar-refractivity contribution in [2.24, 2.45) is 23.2 Å². The molecule has 0 heterocycles. The Balaban J connectivity index is 1.63. The Morgan fingerprint density at radius 2 is 2.09 bits per heavy atom. The van der Waals surface area contributed by atoms with E-state index in [0.717, 1.165) is 43.4 Å². The van der Waals surface area contributed by atoms with E-state index in [1.54, 1.807) is 18.3 Å². The Labute approximate surface area is 141 Å². The van der Waals surface area contributed by atoms with Gasteiger partial charge < -0.3 is 9.84 Å². The van der Waals surface area contributed by atoms with E-state index in [1.165, 1.54) is 37.9 Å². The second-order valence-electron chi connectivity index (χ2n) is 8.66. The molecule has 0 spiro atoms. The molecule has 4 aliphatic rings. The van der Waals surface area contributed by atoms with Gasteiger partial charge in [0.15, 0.2) is 0 Å². The van der Waals surface area contributed by atoms with Gasteiger partial charge in [-0.3, -0.25) is 0 Å². The maximum absolute atomic E-state index is 11.1. The van der Waals surface area contributed by atoms with Gasteiger partial charge in [0.05, 0.1) is 18.5 Å². The van der Waals surface area contributed by atoms with Crippen molar-refractivity contribution in [2.75, 3.05) is 7.11 Å². The van der Waals surface area contributed by atoms with Gasteiger partial charge in [0.25, 0.3) is 0 Å². The van der Waals surface area contributed by atoms with Crippen LogP contribution in [0, 0.1) is 23.2 Å². The van der Waals surface area contributed by atoms with Crippen molar-refractivity contribution in [2.45, 2.75) is 77.2 Å². The van der Waals surface area contributed by atoms with Crippen LogP contribution >= 0.6 is 0 Å². The second-order valence-corrected chi connectivity index (χ2v) is 8.66. The third kappa shape index (κ3) is 2.10. The summed E-state index contributed by atoms with van der Waals surface area (Å²) in [4.78, 5) is 0. The summed E-state index contributed by atoms with van der Waals surface area (Å²) in [6, 6.07) is 0. The van der Waals surface area contributed by atoms with E-state index < -0.39 is 5.60 Å². The molecule has 0 unspecified atom stereocenters. The number of methoxy groups -OCH3 is 1. The van der Waals surface area contributed by atoms with Gasteiger partial charge in [-0.05, 0) is 82.1 Å². The summed E-state index contributed by atoms with van der Waals surface area (Å²) >= 11 is 0. The minimum Gasteiger partial charge on any atom is -0.501 e. The normalized spacial score (nSPS) is 45.9. The maximum Gasteiger partial charge on any atom is 0.0959 e. The van der Waals surface area contributed by atoms with Crippen molar-refractivity contribution in [3.8, 4) is 0 Å². The Kier molecular flexibility index (Phi) is 3.68. The summed E-state index contributed by atoms with van der Waals surface area (Å²) in [5.41, 5.74) is 3.17. The van der Waals surface area contributed by atoms with Gasteiger partial charge in [-0.25, -0.2) is 0 Å². The molecule has 0 aromatic carbocycles. The van der Waals surface area contributed by atoms with Crippen LogP contribution < -0.4 is 0 Å². The Hall–Kier alpha value is -0.760. The number of ether oxygens (including phenoxy) is 1. The minimum atomic E-state index is -0.443. The van der Waals surface area contributed by atoms with Gasteiger partial charge in [-0.1, -0.05) is 18.1 Å². The van der Waals surface area contributed by atoms with Crippen LogP contribution in [0.15, 0.2) is 23.0 Å². The minimum absolute atomic E-state index is 0.189. The third-order valence-electron chi connectivity index (χ3n) is 8.17. The van der Waals surface area contributed by atoms with Crippen molar-refractivity contribution >= 4 is 0 Å². The molecule has 5 atom stereocenters. The van der Waals surface area contributed by atoms with Gasteiger partial charge >= 0.3 is 0 Å². The SMILES string of the molecule is CC[C@]12CC[C@@H]3C4=C(CC[C@H]3[C@@H]1CC[C@]2(C)O)CC(OC)=CC4. The van der Waals surface area contributed by atoms with E-state index >= 15 is 0 Å². The fourth-order valence-electron chi connectivity index (χ4n) is 6.93. The predicted octanol–water partition coefficient (Wildman–Crippen LogP) is 4.98. The largest absolute Gasteiger partial charge is 0.501 e. The number of allylic oxidation sites excluding steroid dienone is 3. The van der Waals surface area contributed by atoms with E-state index in [1.807, 2.05) is 0 Å².